The molecule has 1 fully saturated rings. The second kappa shape index (κ2) is 8.71. The Balaban J connectivity index is 0.00000441. The van der Waals surface area contributed by atoms with Gasteiger partial charge in [-0.25, -0.2) is 4.79 Å². The molecule has 0 saturated carbocycles. The van der Waals surface area contributed by atoms with Gasteiger partial charge in [-0.3, -0.25) is 0 Å². The molecular formula is C13H25BF3KN2O2. The van der Waals surface area contributed by atoms with Crippen LogP contribution in [0.4, 0.5) is 17.7 Å². The van der Waals surface area contributed by atoms with Crippen LogP contribution >= 0.6 is 0 Å². The minimum atomic E-state index is -4.84. The first-order valence-electron chi connectivity index (χ1n) is 7.32. The van der Waals surface area contributed by atoms with Crippen LogP contribution in [0.25, 0.3) is 0 Å². The fraction of sp³-hybridized carbons (Fsp3) is 0.923. The Labute approximate surface area is 173 Å². The predicted octanol–water partition coefficient (Wildman–Crippen LogP) is -0.0457. The van der Waals surface area contributed by atoms with E-state index in [0.29, 0.717) is 0 Å². The van der Waals surface area contributed by atoms with E-state index in [4.69, 9.17) is 4.74 Å². The Hall–Kier alpha value is 0.721. The summed E-state index contributed by atoms with van der Waals surface area (Å²) in [7, 11) is 0. The molecule has 0 N–H and O–H groups in total. The van der Waals surface area contributed by atoms with Crippen molar-refractivity contribution in [3.63, 3.8) is 0 Å². The summed E-state index contributed by atoms with van der Waals surface area (Å²) < 4.78 is 43.0. The first-order valence-corrected chi connectivity index (χ1v) is 7.32. The molecule has 0 radical (unpaired) electrons. The molecule has 1 atom stereocenters. The van der Waals surface area contributed by atoms with Crippen LogP contribution in [0, 0.1) is 5.92 Å². The van der Waals surface area contributed by atoms with Gasteiger partial charge in [0.2, 0.25) is 0 Å². The largest absolute Gasteiger partial charge is 1.00 e. The maximum atomic E-state index is 12.6. The van der Waals surface area contributed by atoms with E-state index in [-0.39, 0.29) is 83.0 Å². The Morgan fingerprint density at radius 1 is 1.27 bits per heavy atom. The molecule has 0 bridgehead atoms. The molecule has 9 heteroatoms. The number of hydrogen-bond acceptors (Lipinski definition) is 3. The molecule has 1 saturated heterocycles. The van der Waals surface area contributed by atoms with E-state index in [1.807, 2.05) is 13.8 Å². The summed E-state index contributed by atoms with van der Waals surface area (Å²) in [4.78, 5) is 15.1. The summed E-state index contributed by atoms with van der Waals surface area (Å²) in [5.41, 5.74) is -0.606. The number of ether oxygens (including phenoxy) is 1. The van der Waals surface area contributed by atoms with E-state index in [0.717, 1.165) is 0 Å². The van der Waals surface area contributed by atoms with Crippen molar-refractivity contribution in [2.24, 2.45) is 5.92 Å². The topological polar surface area (TPSA) is 32.8 Å². The van der Waals surface area contributed by atoms with Crippen LogP contribution in [-0.2, 0) is 4.74 Å². The van der Waals surface area contributed by atoms with Gasteiger partial charge < -0.3 is 27.5 Å². The van der Waals surface area contributed by atoms with Gasteiger partial charge in [0.1, 0.15) is 5.60 Å². The number of piperazine rings is 1. The second-order valence-corrected chi connectivity index (χ2v) is 6.96. The number of amides is 1. The second-order valence-electron chi connectivity index (χ2n) is 6.96. The normalized spacial score (nSPS) is 20.8. The van der Waals surface area contributed by atoms with Crippen molar-refractivity contribution in [3.05, 3.63) is 0 Å². The molecule has 0 spiro atoms. The van der Waals surface area contributed by atoms with E-state index < -0.39 is 25.1 Å². The average Bonchev–Trinajstić information content (AvgIpc) is 2.23. The van der Waals surface area contributed by atoms with Crippen molar-refractivity contribution in [1.29, 1.82) is 0 Å². The minimum Gasteiger partial charge on any atom is -0.448 e. The Kier molecular flexibility index (Phi) is 9.00. The number of carbonyl (C=O) groups excluding carboxylic acids is 1. The van der Waals surface area contributed by atoms with Gasteiger partial charge in [0.05, 0.1) is 0 Å². The SMILES string of the molecule is CC(C)[C@H]1CN(C[B-](F)(F)F)CCN1C(=O)OC(C)(C)C.[K+]. The van der Waals surface area contributed by atoms with E-state index in [9.17, 15) is 17.7 Å². The summed E-state index contributed by atoms with van der Waals surface area (Å²) in [6, 6.07) is -0.258. The molecule has 4 nitrogen and oxygen atoms in total. The van der Waals surface area contributed by atoms with Gasteiger partial charge in [-0.1, -0.05) is 13.8 Å². The van der Waals surface area contributed by atoms with Crippen molar-refractivity contribution in [2.75, 3.05) is 26.1 Å². The molecule has 1 aliphatic heterocycles. The third-order valence-corrected chi connectivity index (χ3v) is 3.37. The average molecular weight is 348 g/mol. The predicted molar refractivity (Wildman–Crippen MR) is 77.1 cm³/mol. The molecule has 124 valence electrons. The van der Waals surface area contributed by atoms with Crippen molar-refractivity contribution in [1.82, 2.24) is 9.80 Å². The van der Waals surface area contributed by atoms with Gasteiger partial charge in [0.25, 0.3) is 0 Å². The van der Waals surface area contributed by atoms with Crippen molar-refractivity contribution >= 4 is 13.1 Å². The third kappa shape index (κ3) is 8.01. The number of halogens is 3. The van der Waals surface area contributed by atoms with Crippen LogP contribution in [0.5, 0.6) is 0 Å². The van der Waals surface area contributed by atoms with Gasteiger partial charge >= 0.3 is 64.5 Å². The van der Waals surface area contributed by atoms with Crippen molar-refractivity contribution in [3.8, 4) is 0 Å². The van der Waals surface area contributed by atoms with Gasteiger partial charge in [-0.15, -0.1) is 0 Å². The quantitative estimate of drug-likeness (QED) is 0.671. The van der Waals surface area contributed by atoms with Crippen LogP contribution in [0.15, 0.2) is 0 Å². The summed E-state index contributed by atoms with van der Waals surface area (Å²) >= 11 is 0. The van der Waals surface area contributed by atoms with Gasteiger partial charge in [0, 0.05) is 25.7 Å². The van der Waals surface area contributed by atoms with Gasteiger partial charge in [0.15, 0.2) is 0 Å². The maximum Gasteiger partial charge on any atom is 1.00 e. The zero-order valence-electron chi connectivity index (χ0n) is 14.4. The standard InChI is InChI=1S/C13H25BF3N2O2.K/c1-10(2)11-8-18(9-14(15,16)17)6-7-19(11)12(20)21-13(3,4)5;/h10-11H,6-9H2,1-5H3;/q-1;+1/t11-;/m1./s1. The molecule has 0 aromatic carbocycles. The number of rotatable bonds is 3. The van der Waals surface area contributed by atoms with Gasteiger partial charge in [-0.05, 0) is 33.1 Å². The smallest absolute Gasteiger partial charge is 0.448 e. The molecule has 1 heterocycles. The Morgan fingerprint density at radius 2 is 1.82 bits per heavy atom. The van der Waals surface area contributed by atoms with E-state index >= 15 is 0 Å². The molecule has 1 aliphatic rings. The molecule has 0 unspecified atom stereocenters. The fourth-order valence-corrected chi connectivity index (χ4v) is 2.45. The molecule has 1 rings (SSSR count). The Bertz CT molecular complexity index is 375. The number of carbonyl (C=O) groups is 1. The van der Waals surface area contributed by atoms with Crippen molar-refractivity contribution < 1.29 is 73.9 Å². The van der Waals surface area contributed by atoms with E-state index in [1.54, 1.807) is 25.7 Å². The monoisotopic (exact) mass is 348 g/mol. The zero-order chi connectivity index (χ0) is 16.4. The Morgan fingerprint density at radius 3 is 2.23 bits per heavy atom. The van der Waals surface area contributed by atoms with Crippen molar-refractivity contribution in [2.45, 2.75) is 46.3 Å². The van der Waals surface area contributed by atoms with E-state index in [1.165, 1.54) is 4.90 Å². The van der Waals surface area contributed by atoms with E-state index in [2.05, 4.69) is 0 Å². The first kappa shape index (κ1) is 22.7. The maximum absolute atomic E-state index is 12.6. The summed E-state index contributed by atoms with van der Waals surface area (Å²) in [6.07, 6.45) is -1.32. The molecule has 1 amide bonds. The van der Waals surface area contributed by atoms with Crippen LogP contribution < -0.4 is 51.4 Å². The van der Waals surface area contributed by atoms with Crippen LogP contribution in [0.1, 0.15) is 34.6 Å². The molecule has 0 aliphatic carbocycles. The van der Waals surface area contributed by atoms with Crippen LogP contribution in [0.3, 0.4) is 0 Å². The number of nitrogens with zero attached hydrogens (tertiary/aromatic N) is 2. The fourth-order valence-electron chi connectivity index (χ4n) is 2.45. The van der Waals surface area contributed by atoms with Crippen LogP contribution in [-0.4, -0.2) is 60.6 Å². The molecule has 0 aromatic rings. The number of hydrogen-bond donors (Lipinski definition) is 0. The summed E-state index contributed by atoms with van der Waals surface area (Å²) in [6.45, 7) is 5.03. The first-order chi connectivity index (χ1) is 9.39. The molecule has 0 aromatic heterocycles. The van der Waals surface area contributed by atoms with Crippen LogP contribution in [0.2, 0.25) is 0 Å². The van der Waals surface area contributed by atoms with Gasteiger partial charge in [-0.2, -0.15) is 0 Å². The summed E-state index contributed by atoms with van der Waals surface area (Å²) in [5, 5.41) is 0. The summed E-state index contributed by atoms with van der Waals surface area (Å²) in [5.74, 6) is 0.0704. The molecular weight excluding hydrogens is 323 g/mol. The minimum absolute atomic E-state index is 0. The third-order valence-electron chi connectivity index (χ3n) is 3.37. The zero-order valence-corrected chi connectivity index (χ0v) is 17.5. The molecule has 22 heavy (non-hydrogen) atoms.